The summed E-state index contributed by atoms with van der Waals surface area (Å²) < 4.78 is 20.3. The number of hydrogen-bond donors (Lipinski definition) is 1. The SMILES string of the molecule is CC(C)(C)OC(=O)NC(=O)OC(C)(C)C.COC1CCCCCC(=O)OC(C)C1. The number of imide groups is 1. The Morgan fingerprint density at radius 3 is 1.93 bits per heavy atom. The fourth-order valence-corrected chi connectivity index (χ4v) is 2.54. The van der Waals surface area contributed by atoms with Gasteiger partial charge in [-0.15, -0.1) is 0 Å². The number of amides is 2. The molecule has 1 rings (SSSR count). The maximum Gasteiger partial charge on any atom is 0.417 e. The molecule has 1 aliphatic rings. The highest BCUT2D eigenvalue weighted by molar-refractivity contribution is 5.87. The molecule has 8 nitrogen and oxygen atoms in total. The zero-order valence-corrected chi connectivity index (χ0v) is 19.3. The Bertz CT molecular complexity index is 494. The molecular formula is C21H39NO7. The molecule has 1 aliphatic heterocycles. The van der Waals surface area contributed by atoms with E-state index in [-0.39, 0.29) is 18.2 Å². The molecule has 0 aromatic heterocycles. The number of esters is 1. The molecule has 0 spiro atoms. The molecule has 0 aliphatic carbocycles. The summed E-state index contributed by atoms with van der Waals surface area (Å²) in [6.45, 7) is 12.2. The summed E-state index contributed by atoms with van der Waals surface area (Å²) in [5.41, 5.74) is -1.27. The van der Waals surface area contributed by atoms with Gasteiger partial charge in [-0.2, -0.15) is 0 Å². The van der Waals surface area contributed by atoms with Gasteiger partial charge in [-0.1, -0.05) is 12.8 Å². The number of methoxy groups -OCH3 is 1. The van der Waals surface area contributed by atoms with Gasteiger partial charge in [0.2, 0.25) is 0 Å². The van der Waals surface area contributed by atoms with Gasteiger partial charge in [-0.3, -0.25) is 4.79 Å². The average molecular weight is 418 g/mol. The second-order valence-corrected chi connectivity index (χ2v) is 9.12. The van der Waals surface area contributed by atoms with Gasteiger partial charge in [-0.25, -0.2) is 14.9 Å². The summed E-state index contributed by atoms with van der Waals surface area (Å²) >= 11 is 0. The molecule has 0 aromatic rings. The van der Waals surface area contributed by atoms with Gasteiger partial charge in [0.15, 0.2) is 0 Å². The van der Waals surface area contributed by atoms with Crippen molar-refractivity contribution in [1.29, 1.82) is 0 Å². The predicted octanol–water partition coefficient (Wildman–Crippen LogP) is 4.73. The Hall–Kier alpha value is -1.83. The lowest BCUT2D eigenvalue weighted by Gasteiger charge is -2.22. The number of carbonyl (C=O) groups excluding carboxylic acids is 3. The van der Waals surface area contributed by atoms with Gasteiger partial charge in [0.25, 0.3) is 0 Å². The van der Waals surface area contributed by atoms with Crippen LogP contribution in [0.5, 0.6) is 0 Å². The molecule has 1 saturated heterocycles. The Morgan fingerprint density at radius 1 is 0.966 bits per heavy atom. The smallest absolute Gasteiger partial charge is 0.417 e. The quantitative estimate of drug-likeness (QED) is 0.486. The normalized spacial score (nSPS) is 21.0. The fraction of sp³-hybridized carbons (Fsp3) is 0.857. The highest BCUT2D eigenvalue weighted by Gasteiger charge is 2.22. The summed E-state index contributed by atoms with van der Waals surface area (Å²) in [5.74, 6) is -0.0609. The summed E-state index contributed by atoms with van der Waals surface area (Å²) in [4.78, 5) is 33.5. The summed E-state index contributed by atoms with van der Waals surface area (Å²) in [5, 5.41) is 1.97. The van der Waals surface area contributed by atoms with Crippen molar-refractivity contribution in [2.45, 2.75) is 110 Å². The first-order valence-electron chi connectivity index (χ1n) is 10.2. The molecule has 0 aromatic carbocycles. The van der Waals surface area contributed by atoms with Crippen molar-refractivity contribution in [3.05, 3.63) is 0 Å². The highest BCUT2D eigenvalue weighted by atomic mass is 16.6. The second-order valence-electron chi connectivity index (χ2n) is 9.12. The standard InChI is InChI=1S/C11H20O3.C10H19NO4/c1-9-8-10(13-2)6-4-3-5-7-11(12)14-9;1-9(2,3)14-7(12)11-8(13)15-10(4,5)6/h9-10H,3-8H2,1-2H3;1-6H3,(H,11,12,13). The fourth-order valence-electron chi connectivity index (χ4n) is 2.54. The summed E-state index contributed by atoms with van der Waals surface area (Å²) in [6, 6.07) is 0. The monoisotopic (exact) mass is 417 g/mol. The minimum absolute atomic E-state index is 0.00875. The van der Waals surface area contributed by atoms with Crippen LogP contribution in [-0.4, -0.2) is 48.7 Å². The lowest BCUT2D eigenvalue weighted by atomic mass is 10.0. The molecule has 29 heavy (non-hydrogen) atoms. The molecule has 170 valence electrons. The molecule has 1 N–H and O–H groups in total. The van der Waals surface area contributed by atoms with Gasteiger partial charge in [0.1, 0.15) is 17.3 Å². The number of alkyl carbamates (subject to hydrolysis) is 2. The molecule has 1 fully saturated rings. The minimum atomic E-state index is -0.809. The number of ether oxygens (including phenoxy) is 4. The third kappa shape index (κ3) is 16.8. The van der Waals surface area contributed by atoms with Crippen LogP contribution in [0.3, 0.4) is 0 Å². The van der Waals surface area contributed by atoms with Crippen molar-refractivity contribution in [3.8, 4) is 0 Å². The Kier molecular flexibility index (Phi) is 11.9. The van der Waals surface area contributed by atoms with Crippen LogP contribution < -0.4 is 5.32 Å². The van der Waals surface area contributed by atoms with E-state index in [4.69, 9.17) is 18.9 Å². The van der Waals surface area contributed by atoms with Crippen LogP contribution in [0.4, 0.5) is 9.59 Å². The first kappa shape index (κ1) is 27.2. The number of hydrogen-bond acceptors (Lipinski definition) is 7. The zero-order chi connectivity index (χ0) is 22.7. The lowest BCUT2D eigenvalue weighted by molar-refractivity contribution is -0.150. The molecular weight excluding hydrogens is 378 g/mol. The molecule has 8 heteroatoms. The van der Waals surface area contributed by atoms with Gasteiger partial charge < -0.3 is 18.9 Å². The summed E-state index contributed by atoms with van der Waals surface area (Å²) in [7, 11) is 1.73. The second kappa shape index (κ2) is 12.7. The van der Waals surface area contributed by atoms with Crippen molar-refractivity contribution < 1.29 is 33.3 Å². The van der Waals surface area contributed by atoms with E-state index in [1.165, 1.54) is 0 Å². The van der Waals surface area contributed by atoms with Crippen LogP contribution in [0, 0.1) is 0 Å². The van der Waals surface area contributed by atoms with Crippen molar-refractivity contribution >= 4 is 18.2 Å². The highest BCUT2D eigenvalue weighted by Crippen LogP contribution is 2.17. The van der Waals surface area contributed by atoms with E-state index >= 15 is 0 Å². The van der Waals surface area contributed by atoms with E-state index in [9.17, 15) is 14.4 Å². The average Bonchev–Trinajstić information content (AvgIpc) is 2.49. The van der Waals surface area contributed by atoms with Crippen LogP contribution in [0.1, 0.15) is 87.0 Å². The molecule has 0 saturated carbocycles. The van der Waals surface area contributed by atoms with E-state index in [0.717, 1.165) is 32.1 Å². The van der Waals surface area contributed by atoms with Gasteiger partial charge in [0.05, 0.1) is 6.10 Å². The number of cyclic esters (lactones) is 1. The third-order valence-corrected chi connectivity index (χ3v) is 3.67. The maximum absolute atomic E-state index is 11.2. The van der Waals surface area contributed by atoms with Crippen LogP contribution >= 0.6 is 0 Å². The third-order valence-electron chi connectivity index (χ3n) is 3.67. The van der Waals surface area contributed by atoms with Gasteiger partial charge in [0, 0.05) is 20.0 Å². The molecule has 2 atom stereocenters. The first-order chi connectivity index (χ1) is 13.2. The van der Waals surface area contributed by atoms with E-state index in [1.54, 1.807) is 48.7 Å². The van der Waals surface area contributed by atoms with Gasteiger partial charge >= 0.3 is 18.2 Å². The number of carbonyl (C=O) groups is 3. The molecule has 1 heterocycles. The molecule has 2 amide bonds. The minimum Gasteiger partial charge on any atom is -0.463 e. The summed E-state index contributed by atoms with van der Waals surface area (Å²) in [6.07, 6.45) is 4.29. The van der Waals surface area contributed by atoms with Gasteiger partial charge in [-0.05, 0) is 61.3 Å². The topological polar surface area (TPSA) is 100 Å². The van der Waals surface area contributed by atoms with Crippen LogP contribution in [0.25, 0.3) is 0 Å². The zero-order valence-electron chi connectivity index (χ0n) is 19.3. The number of nitrogens with one attached hydrogen (secondary N) is 1. The van der Waals surface area contributed by atoms with Crippen LogP contribution in [0.2, 0.25) is 0 Å². The van der Waals surface area contributed by atoms with Crippen molar-refractivity contribution in [3.63, 3.8) is 0 Å². The van der Waals surface area contributed by atoms with Crippen molar-refractivity contribution in [1.82, 2.24) is 5.32 Å². The van der Waals surface area contributed by atoms with E-state index < -0.39 is 23.4 Å². The molecule has 2 unspecified atom stereocenters. The van der Waals surface area contributed by atoms with E-state index in [2.05, 4.69) is 0 Å². The molecule has 0 bridgehead atoms. The Morgan fingerprint density at radius 2 is 1.48 bits per heavy atom. The van der Waals surface area contributed by atoms with E-state index in [0.29, 0.717) is 6.42 Å². The largest absolute Gasteiger partial charge is 0.463 e. The van der Waals surface area contributed by atoms with Crippen LogP contribution in [-0.2, 0) is 23.7 Å². The van der Waals surface area contributed by atoms with Crippen LogP contribution in [0.15, 0.2) is 0 Å². The Balaban J connectivity index is 0.000000541. The number of rotatable bonds is 1. The maximum atomic E-state index is 11.2. The Labute approximate surface area is 175 Å². The molecule has 0 radical (unpaired) electrons. The lowest BCUT2D eigenvalue weighted by Crippen LogP contribution is -2.39. The first-order valence-corrected chi connectivity index (χ1v) is 10.2. The van der Waals surface area contributed by atoms with E-state index in [1.807, 2.05) is 12.2 Å². The van der Waals surface area contributed by atoms with Crippen molar-refractivity contribution in [2.24, 2.45) is 0 Å². The predicted molar refractivity (Wildman–Crippen MR) is 110 cm³/mol. The van der Waals surface area contributed by atoms with Crippen molar-refractivity contribution in [2.75, 3.05) is 7.11 Å².